The van der Waals surface area contributed by atoms with E-state index in [0.717, 1.165) is 25.3 Å². The van der Waals surface area contributed by atoms with E-state index in [0.29, 0.717) is 52.4 Å². The lowest BCUT2D eigenvalue weighted by Gasteiger charge is -2.33. The van der Waals surface area contributed by atoms with Crippen molar-refractivity contribution in [2.45, 2.75) is 25.9 Å². The van der Waals surface area contributed by atoms with Crippen LogP contribution in [0.2, 0.25) is 0 Å². The predicted octanol–water partition coefficient (Wildman–Crippen LogP) is 0.390. The molecule has 1 atom stereocenters. The van der Waals surface area contributed by atoms with E-state index in [2.05, 4.69) is 9.55 Å². The largest absolute Gasteiger partial charge is 0.378 e. The fourth-order valence-corrected chi connectivity index (χ4v) is 3.97. The lowest BCUT2D eigenvalue weighted by Crippen LogP contribution is -2.49. The van der Waals surface area contributed by atoms with Gasteiger partial charge in [0, 0.05) is 64.0 Å². The maximum atomic E-state index is 13.0. The van der Waals surface area contributed by atoms with Gasteiger partial charge in [0.25, 0.3) is 0 Å². The van der Waals surface area contributed by atoms with Crippen LogP contribution in [-0.2, 0) is 22.6 Å². The van der Waals surface area contributed by atoms with Crippen molar-refractivity contribution >= 4 is 11.9 Å². The Balaban J connectivity index is 1.50. The lowest BCUT2D eigenvalue weighted by atomic mass is 10.1. The van der Waals surface area contributed by atoms with Crippen LogP contribution in [0.5, 0.6) is 0 Å². The minimum Gasteiger partial charge on any atom is -0.378 e. The highest BCUT2D eigenvalue weighted by Gasteiger charge is 2.31. The number of hydrogen-bond donors (Lipinski definition) is 0. The molecule has 1 aromatic rings. The van der Waals surface area contributed by atoms with Gasteiger partial charge in [-0.1, -0.05) is 0 Å². The van der Waals surface area contributed by atoms with Crippen molar-refractivity contribution in [2.24, 2.45) is 5.92 Å². The van der Waals surface area contributed by atoms with Crippen molar-refractivity contribution < 1.29 is 14.3 Å². The van der Waals surface area contributed by atoms with E-state index in [-0.39, 0.29) is 17.9 Å². The Labute approximate surface area is 147 Å². The maximum Gasteiger partial charge on any atom is 0.320 e. The molecule has 25 heavy (non-hydrogen) atoms. The zero-order chi connectivity index (χ0) is 17.2. The molecule has 0 spiro atoms. The summed E-state index contributed by atoms with van der Waals surface area (Å²) < 4.78 is 7.48. The Kier molecular flexibility index (Phi) is 4.61. The Bertz CT molecular complexity index is 640. The van der Waals surface area contributed by atoms with Crippen LogP contribution in [0, 0.1) is 5.92 Å². The van der Waals surface area contributed by atoms with Gasteiger partial charge in [0.1, 0.15) is 5.82 Å². The Morgan fingerprint density at radius 3 is 2.80 bits per heavy atom. The van der Waals surface area contributed by atoms with Crippen molar-refractivity contribution in [3.63, 3.8) is 0 Å². The van der Waals surface area contributed by atoms with E-state index in [9.17, 15) is 9.59 Å². The fourth-order valence-electron chi connectivity index (χ4n) is 3.97. The third kappa shape index (κ3) is 3.49. The zero-order valence-corrected chi connectivity index (χ0v) is 14.5. The Morgan fingerprint density at radius 1 is 1.20 bits per heavy atom. The molecule has 2 saturated heterocycles. The van der Waals surface area contributed by atoms with Gasteiger partial charge in [0.15, 0.2) is 0 Å². The summed E-state index contributed by atoms with van der Waals surface area (Å²) in [5.41, 5.74) is 0. The molecule has 3 amide bonds. The van der Waals surface area contributed by atoms with E-state index >= 15 is 0 Å². The standard InChI is InChI=1S/C17H25N5O3/c23-16-2-1-4-21(16)11-14-10-20-5-3-18-15(20)13-22(12-14)17(24)19-6-8-25-9-7-19/h3,5,14H,1-2,4,6-13H2/t14-/m1/s1. The van der Waals surface area contributed by atoms with Crippen LogP contribution in [0.15, 0.2) is 12.4 Å². The van der Waals surface area contributed by atoms with Gasteiger partial charge in [-0.2, -0.15) is 0 Å². The lowest BCUT2D eigenvalue weighted by molar-refractivity contribution is -0.128. The van der Waals surface area contributed by atoms with Gasteiger partial charge in [0.2, 0.25) is 5.91 Å². The van der Waals surface area contributed by atoms with Crippen molar-refractivity contribution in [1.29, 1.82) is 0 Å². The molecule has 8 heteroatoms. The average molecular weight is 347 g/mol. The van der Waals surface area contributed by atoms with E-state index in [4.69, 9.17) is 4.74 Å². The molecule has 136 valence electrons. The topological polar surface area (TPSA) is 70.9 Å². The van der Waals surface area contributed by atoms with Gasteiger partial charge in [-0.3, -0.25) is 4.79 Å². The third-order valence-electron chi connectivity index (χ3n) is 5.27. The Hall–Kier alpha value is -2.09. The number of ether oxygens (including phenoxy) is 1. The summed E-state index contributed by atoms with van der Waals surface area (Å²) in [6.07, 6.45) is 5.35. The minimum absolute atomic E-state index is 0.0532. The van der Waals surface area contributed by atoms with Crippen LogP contribution in [0.25, 0.3) is 0 Å². The number of amides is 3. The highest BCUT2D eigenvalue weighted by atomic mass is 16.5. The van der Waals surface area contributed by atoms with Gasteiger partial charge in [0.05, 0.1) is 19.8 Å². The molecule has 0 aliphatic carbocycles. The summed E-state index contributed by atoms with van der Waals surface area (Å²) in [6, 6.07) is 0.0532. The first-order valence-electron chi connectivity index (χ1n) is 9.10. The molecular formula is C17H25N5O3. The second-order valence-electron chi connectivity index (χ2n) is 7.07. The Morgan fingerprint density at radius 2 is 2.04 bits per heavy atom. The molecule has 4 heterocycles. The summed E-state index contributed by atoms with van der Waals surface area (Å²) in [5, 5.41) is 0. The smallest absolute Gasteiger partial charge is 0.320 e. The van der Waals surface area contributed by atoms with Gasteiger partial charge in [-0.15, -0.1) is 0 Å². The molecule has 0 aromatic carbocycles. The number of rotatable bonds is 2. The molecule has 2 fully saturated rings. The molecule has 0 unspecified atom stereocenters. The van der Waals surface area contributed by atoms with Crippen LogP contribution < -0.4 is 0 Å². The number of nitrogens with zero attached hydrogens (tertiary/aromatic N) is 5. The number of carbonyl (C=O) groups is 2. The highest BCUT2D eigenvalue weighted by Crippen LogP contribution is 2.20. The summed E-state index contributed by atoms with van der Waals surface area (Å²) in [5.74, 6) is 1.38. The molecule has 0 N–H and O–H groups in total. The van der Waals surface area contributed by atoms with Crippen LogP contribution in [0.3, 0.4) is 0 Å². The second kappa shape index (κ2) is 7.03. The van der Waals surface area contributed by atoms with Crippen LogP contribution in [-0.4, -0.2) is 82.1 Å². The maximum absolute atomic E-state index is 13.0. The summed E-state index contributed by atoms with van der Waals surface area (Å²) in [7, 11) is 0. The van der Waals surface area contributed by atoms with Gasteiger partial charge < -0.3 is 24.0 Å². The molecule has 0 saturated carbocycles. The van der Waals surface area contributed by atoms with E-state index in [1.54, 1.807) is 6.20 Å². The number of imidazole rings is 1. The van der Waals surface area contributed by atoms with Crippen LogP contribution >= 0.6 is 0 Å². The fraction of sp³-hybridized carbons (Fsp3) is 0.706. The molecule has 0 bridgehead atoms. The number of morpholine rings is 1. The minimum atomic E-state index is 0.0532. The highest BCUT2D eigenvalue weighted by molar-refractivity contribution is 5.78. The predicted molar refractivity (Wildman–Crippen MR) is 89.7 cm³/mol. The van der Waals surface area contributed by atoms with Crippen LogP contribution in [0.1, 0.15) is 18.7 Å². The molecule has 4 rings (SSSR count). The normalized spacial score (nSPS) is 24.4. The summed E-state index contributed by atoms with van der Waals surface area (Å²) in [6.45, 7) is 5.99. The zero-order valence-electron chi connectivity index (χ0n) is 14.5. The molecular weight excluding hydrogens is 322 g/mol. The van der Waals surface area contributed by atoms with Crippen molar-refractivity contribution in [3.05, 3.63) is 18.2 Å². The first-order chi connectivity index (χ1) is 12.2. The van der Waals surface area contributed by atoms with Gasteiger partial charge >= 0.3 is 6.03 Å². The monoisotopic (exact) mass is 347 g/mol. The van der Waals surface area contributed by atoms with E-state index < -0.39 is 0 Å². The van der Waals surface area contributed by atoms with E-state index in [1.807, 2.05) is 20.9 Å². The first-order valence-corrected chi connectivity index (χ1v) is 9.10. The average Bonchev–Trinajstić information content (AvgIpc) is 3.19. The quantitative estimate of drug-likeness (QED) is 0.776. The first kappa shape index (κ1) is 16.4. The van der Waals surface area contributed by atoms with Gasteiger partial charge in [-0.25, -0.2) is 9.78 Å². The summed E-state index contributed by atoms with van der Waals surface area (Å²) in [4.78, 5) is 35.1. The molecule has 0 radical (unpaired) electrons. The summed E-state index contributed by atoms with van der Waals surface area (Å²) >= 11 is 0. The second-order valence-corrected chi connectivity index (χ2v) is 7.07. The molecule has 1 aromatic heterocycles. The van der Waals surface area contributed by atoms with Crippen molar-refractivity contribution in [2.75, 3.05) is 45.9 Å². The SMILES string of the molecule is O=C1CCCN1C[C@@H]1CN(C(=O)N2CCOCC2)Cc2nccn2C1. The van der Waals surface area contributed by atoms with Crippen LogP contribution in [0.4, 0.5) is 4.79 Å². The number of hydrogen-bond acceptors (Lipinski definition) is 4. The third-order valence-corrected chi connectivity index (χ3v) is 5.27. The molecule has 3 aliphatic rings. The number of aromatic nitrogens is 2. The van der Waals surface area contributed by atoms with Crippen molar-refractivity contribution in [3.8, 4) is 0 Å². The molecule has 3 aliphatic heterocycles. The number of likely N-dealkylation sites (tertiary alicyclic amines) is 1. The number of urea groups is 1. The van der Waals surface area contributed by atoms with Crippen molar-refractivity contribution in [1.82, 2.24) is 24.3 Å². The van der Waals surface area contributed by atoms with E-state index in [1.165, 1.54) is 0 Å². The molecule has 8 nitrogen and oxygen atoms in total. The number of fused-ring (bicyclic) bond motifs is 1. The van der Waals surface area contributed by atoms with Gasteiger partial charge in [-0.05, 0) is 6.42 Å². The number of carbonyl (C=O) groups excluding carboxylic acids is 2.